The Morgan fingerprint density at radius 3 is 3.05 bits per heavy atom. The van der Waals surface area contributed by atoms with Gasteiger partial charge in [-0.15, -0.1) is 0 Å². The smallest absolute Gasteiger partial charge is 0.241 e. The summed E-state index contributed by atoms with van der Waals surface area (Å²) >= 11 is 0. The minimum atomic E-state index is 0.583. The Labute approximate surface area is 111 Å². The van der Waals surface area contributed by atoms with Gasteiger partial charge in [-0.2, -0.15) is 4.98 Å². The Bertz CT molecular complexity index is 568. The van der Waals surface area contributed by atoms with Crippen LogP contribution in [-0.4, -0.2) is 32.6 Å². The van der Waals surface area contributed by atoms with Gasteiger partial charge in [0.15, 0.2) is 0 Å². The number of hydrogen-bond donors (Lipinski definition) is 0. The van der Waals surface area contributed by atoms with E-state index < -0.39 is 0 Å². The van der Waals surface area contributed by atoms with Crippen LogP contribution in [0.3, 0.4) is 0 Å². The number of hydrogen-bond acceptors (Lipinski definition) is 5. The SMILES string of the molecule is c1ccc(-c2noc(CN3C[C@H]4CC[C@H]3C4)n2)nc1. The van der Waals surface area contributed by atoms with E-state index in [4.69, 9.17) is 4.52 Å². The normalized spacial score (nSPS) is 26.1. The summed E-state index contributed by atoms with van der Waals surface area (Å²) in [5.41, 5.74) is 0.764. The van der Waals surface area contributed by atoms with Crippen LogP contribution in [0.15, 0.2) is 28.9 Å². The van der Waals surface area contributed by atoms with Gasteiger partial charge in [0, 0.05) is 18.8 Å². The Morgan fingerprint density at radius 2 is 2.32 bits per heavy atom. The lowest BCUT2D eigenvalue weighted by Crippen LogP contribution is -2.31. The Morgan fingerprint density at radius 1 is 1.32 bits per heavy atom. The van der Waals surface area contributed by atoms with E-state index in [0.717, 1.165) is 24.2 Å². The molecule has 19 heavy (non-hydrogen) atoms. The largest absolute Gasteiger partial charge is 0.337 e. The van der Waals surface area contributed by atoms with Crippen molar-refractivity contribution in [3.8, 4) is 11.5 Å². The Balaban J connectivity index is 1.50. The van der Waals surface area contributed by atoms with Crippen molar-refractivity contribution >= 4 is 0 Å². The van der Waals surface area contributed by atoms with Crippen LogP contribution in [0.5, 0.6) is 0 Å². The summed E-state index contributed by atoms with van der Waals surface area (Å²) in [6.07, 6.45) is 5.81. The topological polar surface area (TPSA) is 55.1 Å². The van der Waals surface area contributed by atoms with Crippen LogP contribution in [0.4, 0.5) is 0 Å². The highest BCUT2D eigenvalue weighted by molar-refractivity contribution is 5.46. The molecular weight excluding hydrogens is 240 g/mol. The van der Waals surface area contributed by atoms with Crippen LogP contribution in [0.1, 0.15) is 25.2 Å². The molecule has 2 aromatic heterocycles. The molecule has 0 N–H and O–H groups in total. The van der Waals surface area contributed by atoms with E-state index in [0.29, 0.717) is 11.7 Å². The molecule has 1 aliphatic carbocycles. The third-order valence-corrected chi connectivity index (χ3v) is 4.22. The van der Waals surface area contributed by atoms with E-state index in [1.54, 1.807) is 6.20 Å². The zero-order valence-electron chi connectivity index (χ0n) is 10.7. The summed E-state index contributed by atoms with van der Waals surface area (Å²) < 4.78 is 5.35. The number of nitrogens with zero attached hydrogens (tertiary/aromatic N) is 4. The van der Waals surface area contributed by atoms with E-state index in [1.165, 1.54) is 25.8 Å². The molecule has 0 radical (unpaired) electrons. The quantitative estimate of drug-likeness (QED) is 0.842. The van der Waals surface area contributed by atoms with Crippen molar-refractivity contribution in [2.45, 2.75) is 31.8 Å². The molecule has 0 unspecified atom stereocenters. The maximum absolute atomic E-state index is 5.35. The first kappa shape index (κ1) is 11.1. The maximum Gasteiger partial charge on any atom is 0.241 e. The summed E-state index contributed by atoms with van der Waals surface area (Å²) in [7, 11) is 0. The molecule has 1 aliphatic heterocycles. The number of aromatic nitrogens is 3. The van der Waals surface area contributed by atoms with E-state index >= 15 is 0 Å². The minimum absolute atomic E-state index is 0.583. The minimum Gasteiger partial charge on any atom is -0.337 e. The molecule has 0 spiro atoms. The standard InChI is InChI=1S/C14H16N4O/c1-2-6-15-12(3-1)14-16-13(19-17-14)9-18-8-10-4-5-11(18)7-10/h1-3,6,10-11H,4-5,7-9H2/t10-,11-/m0/s1. The van der Waals surface area contributed by atoms with Gasteiger partial charge in [0.05, 0.1) is 6.54 Å². The predicted molar refractivity (Wildman–Crippen MR) is 69.1 cm³/mol. The number of pyridine rings is 1. The van der Waals surface area contributed by atoms with E-state index in [-0.39, 0.29) is 0 Å². The lowest BCUT2D eigenvalue weighted by Gasteiger charge is -2.24. The molecule has 5 heteroatoms. The molecule has 2 aliphatic rings. The first-order chi connectivity index (χ1) is 9.38. The molecular formula is C14H16N4O. The van der Waals surface area contributed by atoms with Gasteiger partial charge in [-0.3, -0.25) is 9.88 Å². The van der Waals surface area contributed by atoms with Gasteiger partial charge in [0.2, 0.25) is 11.7 Å². The van der Waals surface area contributed by atoms with Gasteiger partial charge in [0.1, 0.15) is 5.69 Å². The molecule has 2 bridgehead atoms. The second-order valence-corrected chi connectivity index (χ2v) is 5.49. The summed E-state index contributed by atoms with van der Waals surface area (Å²) in [6.45, 7) is 1.97. The van der Waals surface area contributed by atoms with Crippen molar-refractivity contribution < 1.29 is 4.52 Å². The highest BCUT2D eigenvalue weighted by Crippen LogP contribution is 2.37. The summed E-state index contributed by atoms with van der Waals surface area (Å²) in [6, 6.07) is 6.44. The average Bonchev–Trinajstić information content (AvgIpc) is 3.16. The molecule has 5 nitrogen and oxygen atoms in total. The molecule has 2 atom stereocenters. The summed E-state index contributed by atoms with van der Waals surface area (Å²) in [5.74, 6) is 2.18. The van der Waals surface area contributed by atoms with Crippen LogP contribution in [0.25, 0.3) is 11.5 Å². The van der Waals surface area contributed by atoms with Crippen molar-refractivity contribution in [3.05, 3.63) is 30.3 Å². The van der Waals surface area contributed by atoms with Crippen LogP contribution in [0, 0.1) is 5.92 Å². The van der Waals surface area contributed by atoms with Gasteiger partial charge in [-0.1, -0.05) is 11.2 Å². The van der Waals surface area contributed by atoms with Crippen molar-refractivity contribution in [1.29, 1.82) is 0 Å². The number of fused-ring (bicyclic) bond motifs is 2. The van der Waals surface area contributed by atoms with Crippen LogP contribution in [0.2, 0.25) is 0 Å². The van der Waals surface area contributed by atoms with E-state index in [9.17, 15) is 0 Å². The van der Waals surface area contributed by atoms with Gasteiger partial charge >= 0.3 is 0 Å². The highest BCUT2D eigenvalue weighted by atomic mass is 16.5. The van der Waals surface area contributed by atoms with Crippen molar-refractivity contribution in [2.24, 2.45) is 5.92 Å². The molecule has 0 amide bonds. The summed E-state index contributed by atoms with van der Waals surface area (Å²) in [4.78, 5) is 11.2. The molecule has 3 heterocycles. The first-order valence-corrected chi connectivity index (χ1v) is 6.86. The molecule has 0 aromatic carbocycles. The molecule has 2 fully saturated rings. The van der Waals surface area contributed by atoms with Gasteiger partial charge in [-0.25, -0.2) is 0 Å². The van der Waals surface area contributed by atoms with Crippen LogP contribution in [-0.2, 0) is 6.54 Å². The average molecular weight is 256 g/mol. The fourth-order valence-corrected chi connectivity index (χ4v) is 3.31. The molecule has 1 saturated carbocycles. The second kappa shape index (κ2) is 4.42. The zero-order chi connectivity index (χ0) is 12.7. The molecule has 1 saturated heterocycles. The van der Waals surface area contributed by atoms with Crippen molar-refractivity contribution in [1.82, 2.24) is 20.0 Å². The predicted octanol–water partition coefficient (Wildman–Crippen LogP) is 2.12. The molecule has 98 valence electrons. The van der Waals surface area contributed by atoms with Gasteiger partial charge < -0.3 is 4.52 Å². The van der Waals surface area contributed by atoms with E-state index in [2.05, 4.69) is 20.0 Å². The third-order valence-electron chi connectivity index (χ3n) is 4.22. The van der Waals surface area contributed by atoms with Gasteiger partial charge in [-0.05, 0) is 37.3 Å². The summed E-state index contributed by atoms with van der Waals surface area (Å²) in [5, 5.41) is 4.02. The van der Waals surface area contributed by atoms with E-state index in [1.807, 2.05) is 18.2 Å². The second-order valence-electron chi connectivity index (χ2n) is 5.49. The van der Waals surface area contributed by atoms with Gasteiger partial charge in [0.25, 0.3) is 0 Å². The monoisotopic (exact) mass is 256 g/mol. The van der Waals surface area contributed by atoms with Crippen LogP contribution < -0.4 is 0 Å². The maximum atomic E-state index is 5.35. The number of rotatable bonds is 3. The first-order valence-electron chi connectivity index (χ1n) is 6.86. The molecule has 4 rings (SSSR count). The van der Waals surface area contributed by atoms with Crippen molar-refractivity contribution in [3.63, 3.8) is 0 Å². The lowest BCUT2D eigenvalue weighted by atomic mass is 10.1. The third kappa shape index (κ3) is 2.04. The lowest BCUT2D eigenvalue weighted by molar-refractivity contribution is 0.180. The number of likely N-dealkylation sites (tertiary alicyclic amines) is 1. The number of piperidine rings is 1. The zero-order valence-corrected chi connectivity index (χ0v) is 10.7. The Kier molecular flexibility index (Phi) is 2.58. The Hall–Kier alpha value is -1.75. The highest BCUT2D eigenvalue weighted by Gasteiger charge is 2.38. The van der Waals surface area contributed by atoms with Crippen molar-refractivity contribution in [2.75, 3.05) is 6.54 Å². The fourth-order valence-electron chi connectivity index (χ4n) is 3.31. The fraction of sp³-hybridized carbons (Fsp3) is 0.500. The van der Waals surface area contributed by atoms with Crippen LogP contribution >= 0.6 is 0 Å². The molecule has 2 aromatic rings.